The van der Waals surface area contributed by atoms with Gasteiger partial charge in [0, 0.05) is 12.3 Å². The van der Waals surface area contributed by atoms with Crippen LogP contribution in [0.4, 0.5) is 4.39 Å². The molecule has 0 aromatic heterocycles. The van der Waals surface area contributed by atoms with Crippen LogP contribution in [0.1, 0.15) is 134 Å². The predicted molar refractivity (Wildman–Crippen MR) is 126 cm³/mol. The molecule has 1 aromatic rings. The molecule has 0 N–H and O–H groups in total. The van der Waals surface area contributed by atoms with E-state index in [1.165, 1.54) is 82.6 Å². The third-order valence-electron chi connectivity index (χ3n) is 7.05. The van der Waals surface area contributed by atoms with Crippen LogP contribution in [0, 0.1) is 11.7 Å². The standard InChI is InChI=1S/C28H45FO/c1-2-3-4-5-6-7-8-9-10-11-12-13-14-15-28(30)26-18-16-24(17-19-26)25-20-22-27(29)23-21-25/h20-24,26H,2-19H2,1H3/t24-,26-. The van der Waals surface area contributed by atoms with Crippen molar-refractivity contribution in [2.45, 2.75) is 128 Å². The lowest BCUT2D eigenvalue weighted by molar-refractivity contribution is -0.124. The fraction of sp³-hybridized carbons (Fsp3) is 0.750. The SMILES string of the molecule is CCCCCCCCCCCCCCCC(=O)[C@H]1CC[C@H](c2ccc(F)cc2)CC1. The molecule has 0 aliphatic heterocycles. The first-order valence-electron chi connectivity index (χ1n) is 13.0. The largest absolute Gasteiger partial charge is 0.299 e. The molecule has 1 aliphatic rings. The summed E-state index contributed by atoms with van der Waals surface area (Å²) in [4.78, 5) is 12.5. The molecule has 0 bridgehead atoms. The van der Waals surface area contributed by atoms with E-state index >= 15 is 0 Å². The van der Waals surface area contributed by atoms with Gasteiger partial charge in [-0.1, -0.05) is 96.1 Å². The first-order valence-corrected chi connectivity index (χ1v) is 13.0. The predicted octanol–water partition coefficient (Wildman–Crippen LogP) is 9.15. The first kappa shape index (κ1) is 25.1. The number of hydrogen-bond donors (Lipinski definition) is 0. The number of ketones is 1. The maximum Gasteiger partial charge on any atom is 0.135 e. The number of halogens is 1. The number of benzene rings is 1. The van der Waals surface area contributed by atoms with Gasteiger partial charge in [-0.25, -0.2) is 4.39 Å². The summed E-state index contributed by atoms with van der Waals surface area (Å²) in [6.07, 6.45) is 22.5. The fourth-order valence-electron chi connectivity index (χ4n) is 5.00. The van der Waals surface area contributed by atoms with E-state index in [0.29, 0.717) is 11.7 Å². The van der Waals surface area contributed by atoms with Gasteiger partial charge in [0.2, 0.25) is 0 Å². The number of unbranched alkanes of at least 4 members (excludes halogenated alkanes) is 12. The Bertz CT molecular complexity index is 557. The van der Waals surface area contributed by atoms with Gasteiger partial charge >= 0.3 is 0 Å². The van der Waals surface area contributed by atoms with Gasteiger partial charge < -0.3 is 0 Å². The lowest BCUT2D eigenvalue weighted by Gasteiger charge is -2.28. The Morgan fingerprint density at radius 3 is 1.70 bits per heavy atom. The monoisotopic (exact) mass is 416 g/mol. The Morgan fingerprint density at radius 2 is 1.20 bits per heavy atom. The van der Waals surface area contributed by atoms with Crippen molar-refractivity contribution in [3.8, 4) is 0 Å². The maximum absolute atomic E-state index is 13.1. The summed E-state index contributed by atoms with van der Waals surface area (Å²) in [6.45, 7) is 2.28. The highest BCUT2D eigenvalue weighted by Crippen LogP contribution is 2.36. The average Bonchev–Trinajstić information content (AvgIpc) is 2.77. The van der Waals surface area contributed by atoms with E-state index < -0.39 is 0 Å². The smallest absolute Gasteiger partial charge is 0.135 e. The first-order chi connectivity index (χ1) is 14.7. The van der Waals surface area contributed by atoms with Crippen molar-refractivity contribution in [1.82, 2.24) is 0 Å². The van der Waals surface area contributed by atoms with Gasteiger partial charge in [-0.05, 0) is 55.7 Å². The molecule has 2 rings (SSSR count). The second-order valence-electron chi connectivity index (χ2n) is 9.56. The van der Waals surface area contributed by atoms with Crippen molar-refractivity contribution >= 4 is 5.78 Å². The summed E-state index contributed by atoms with van der Waals surface area (Å²) in [5, 5.41) is 0. The second kappa shape index (κ2) is 15.6. The zero-order valence-electron chi connectivity index (χ0n) is 19.5. The van der Waals surface area contributed by atoms with Crippen molar-refractivity contribution in [3.63, 3.8) is 0 Å². The van der Waals surface area contributed by atoms with Gasteiger partial charge in [0.05, 0.1) is 0 Å². The van der Waals surface area contributed by atoms with Crippen molar-refractivity contribution < 1.29 is 9.18 Å². The van der Waals surface area contributed by atoms with Crippen molar-refractivity contribution in [1.29, 1.82) is 0 Å². The molecule has 2 heteroatoms. The van der Waals surface area contributed by atoms with Crippen LogP contribution in [0.2, 0.25) is 0 Å². The number of carbonyl (C=O) groups is 1. The highest BCUT2D eigenvalue weighted by atomic mass is 19.1. The molecular formula is C28H45FO. The van der Waals surface area contributed by atoms with Crippen LogP contribution >= 0.6 is 0 Å². The van der Waals surface area contributed by atoms with E-state index in [-0.39, 0.29) is 11.7 Å². The number of hydrogen-bond acceptors (Lipinski definition) is 1. The van der Waals surface area contributed by atoms with Crippen LogP contribution in [-0.2, 0) is 4.79 Å². The molecule has 1 aliphatic carbocycles. The summed E-state index contributed by atoms with van der Waals surface area (Å²) in [7, 11) is 0. The van der Waals surface area contributed by atoms with Crippen LogP contribution < -0.4 is 0 Å². The fourth-order valence-corrected chi connectivity index (χ4v) is 5.00. The van der Waals surface area contributed by atoms with Crippen LogP contribution in [0.5, 0.6) is 0 Å². The molecule has 1 saturated carbocycles. The summed E-state index contributed by atoms with van der Waals surface area (Å²) in [5.41, 5.74) is 1.23. The van der Waals surface area contributed by atoms with Gasteiger partial charge in [-0.15, -0.1) is 0 Å². The second-order valence-corrected chi connectivity index (χ2v) is 9.56. The molecule has 0 radical (unpaired) electrons. The normalized spacial score (nSPS) is 19.1. The molecule has 0 heterocycles. The number of Topliss-reactive ketones (excluding diaryl/α,β-unsaturated/α-hetero) is 1. The van der Waals surface area contributed by atoms with E-state index in [1.54, 1.807) is 12.1 Å². The zero-order chi connectivity index (χ0) is 21.4. The Labute approximate surface area is 185 Å². The van der Waals surface area contributed by atoms with Gasteiger partial charge in [0.15, 0.2) is 0 Å². The quantitative estimate of drug-likeness (QED) is 0.245. The molecule has 0 spiro atoms. The molecule has 0 unspecified atom stereocenters. The summed E-state index contributed by atoms with van der Waals surface area (Å²) >= 11 is 0. The van der Waals surface area contributed by atoms with Gasteiger partial charge in [-0.2, -0.15) is 0 Å². The minimum atomic E-state index is -0.166. The molecular weight excluding hydrogens is 371 g/mol. The van der Waals surface area contributed by atoms with Crippen molar-refractivity contribution in [2.75, 3.05) is 0 Å². The highest BCUT2D eigenvalue weighted by Gasteiger charge is 2.26. The van der Waals surface area contributed by atoms with Gasteiger partial charge in [-0.3, -0.25) is 4.79 Å². The molecule has 0 atom stereocenters. The molecule has 1 fully saturated rings. The van der Waals surface area contributed by atoms with Crippen molar-refractivity contribution in [3.05, 3.63) is 35.6 Å². The summed E-state index contributed by atoms with van der Waals surface area (Å²) < 4.78 is 13.1. The lowest BCUT2D eigenvalue weighted by atomic mass is 9.76. The van der Waals surface area contributed by atoms with Gasteiger partial charge in [0.25, 0.3) is 0 Å². The average molecular weight is 417 g/mol. The van der Waals surface area contributed by atoms with E-state index in [9.17, 15) is 9.18 Å². The Hall–Kier alpha value is -1.18. The number of carbonyl (C=O) groups excluding carboxylic acids is 1. The topological polar surface area (TPSA) is 17.1 Å². The number of rotatable bonds is 16. The van der Waals surface area contributed by atoms with Crippen LogP contribution in [0.3, 0.4) is 0 Å². The maximum atomic E-state index is 13.1. The lowest BCUT2D eigenvalue weighted by Crippen LogP contribution is -2.21. The molecule has 0 amide bonds. The Kier molecular flexibility index (Phi) is 13.0. The summed E-state index contributed by atoms with van der Waals surface area (Å²) in [5.74, 6) is 1.11. The van der Waals surface area contributed by atoms with E-state index in [4.69, 9.17) is 0 Å². The highest BCUT2D eigenvalue weighted by molar-refractivity contribution is 5.81. The zero-order valence-corrected chi connectivity index (χ0v) is 19.5. The molecule has 30 heavy (non-hydrogen) atoms. The summed E-state index contributed by atoms with van der Waals surface area (Å²) in [6, 6.07) is 6.94. The molecule has 1 nitrogen and oxygen atoms in total. The molecule has 0 saturated heterocycles. The minimum Gasteiger partial charge on any atom is -0.299 e. The van der Waals surface area contributed by atoms with Crippen molar-refractivity contribution in [2.24, 2.45) is 5.92 Å². The Morgan fingerprint density at radius 1 is 0.733 bits per heavy atom. The third-order valence-corrected chi connectivity index (χ3v) is 7.05. The van der Waals surface area contributed by atoms with E-state index in [2.05, 4.69) is 6.92 Å². The van der Waals surface area contributed by atoms with E-state index in [1.807, 2.05) is 12.1 Å². The Balaban J connectivity index is 1.42. The third kappa shape index (κ3) is 10.2. The molecule has 170 valence electrons. The molecule has 1 aromatic carbocycles. The van der Waals surface area contributed by atoms with Gasteiger partial charge in [0.1, 0.15) is 11.6 Å². The van der Waals surface area contributed by atoms with Crippen LogP contribution in [-0.4, -0.2) is 5.78 Å². The van der Waals surface area contributed by atoms with E-state index in [0.717, 1.165) is 38.5 Å². The minimum absolute atomic E-state index is 0.166. The van der Waals surface area contributed by atoms with Crippen LogP contribution in [0.15, 0.2) is 24.3 Å². The van der Waals surface area contributed by atoms with Crippen LogP contribution in [0.25, 0.3) is 0 Å².